The molecular formula is C14H19ClN6O. The van der Waals surface area contributed by atoms with Crippen molar-refractivity contribution in [2.24, 2.45) is 0 Å². The lowest BCUT2D eigenvalue weighted by Crippen LogP contribution is -2.31. The number of likely N-dealkylation sites (N-methyl/N-ethyl adjacent to an activating group) is 1. The van der Waals surface area contributed by atoms with Crippen LogP contribution in [-0.4, -0.2) is 51.6 Å². The van der Waals surface area contributed by atoms with E-state index in [4.69, 9.17) is 11.6 Å². The van der Waals surface area contributed by atoms with Gasteiger partial charge in [0.25, 0.3) is 5.91 Å². The van der Waals surface area contributed by atoms with E-state index in [1.165, 1.54) is 0 Å². The number of aromatic nitrogens is 4. The van der Waals surface area contributed by atoms with Gasteiger partial charge >= 0.3 is 0 Å². The first-order chi connectivity index (χ1) is 10.5. The van der Waals surface area contributed by atoms with Crippen molar-refractivity contribution < 1.29 is 4.79 Å². The summed E-state index contributed by atoms with van der Waals surface area (Å²) in [4.78, 5) is 14.3. The molecule has 1 heterocycles. The van der Waals surface area contributed by atoms with Gasteiger partial charge in [-0.2, -0.15) is 5.21 Å². The van der Waals surface area contributed by atoms with E-state index in [0.29, 0.717) is 23.0 Å². The first-order valence-corrected chi connectivity index (χ1v) is 7.43. The summed E-state index contributed by atoms with van der Waals surface area (Å²) in [5.41, 5.74) is 1.33. The molecule has 1 amide bonds. The number of nitrogens with zero attached hydrogens (tertiary/aromatic N) is 4. The molecule has 1 atom stereocenters. The Hall–Kier alpha value is -2.15. The minimum Gasteiger partial charge on any atom is -0.385 e. The van der Waals surface area contributed by atoms with Crippen LogP contribution in [0.1, 0.15) is 35.9 Å². The van der Waals surface area contributed by atoms with Gasteiger partial charge in [-0.1, -0.05) is 23.7 Å². The van der Waals surface area contributed by atoms with Gasteiger partial charge in [-0.25, -0.2) is 0 Å². The second-order valence-electron chi connectivity index (χ2n) is 5.08. The summed E-state index contributed by atoms with van der Waals surface area (Å²) in [6.45, 7) is 5.13. The number of anilines is 1. The molecule has 2 aromatic rings. The van der Waals surface area contributed by atoms with Gasteiger partial charge in [0.15, 0.2) is 5.82 Å². The fraction of sp³-hybridized carbons (Fsp3) is 0.429. The molecule has 1 aromatic heterocycles. The molecule has 1 unspecified atom stereocenters. The number of hydrogen-bond donors (Lipinski definition) is 2. The summed E-state index contributed by atoms with van der Waals surface area (Å²) in [5, 5.41) is 17.5. The molecular weight excluding hydrogens is 304 g/mol. The number of amides is 1. The standard InChI is InChI=1S/C14H19ClN6O/c1-4-16-12-6-5-10(15)7-11(12)14(22)21(3)8-9(2)13-17-19-20-18-13/h5-7,9,16H,4,8H2,1-3H3,(H,17,18,19,20). The molecule has 0 spiro atoms. The van der Waals surface area contributed by atoms with Gasteiger partial charge in [0.2, 0.25) is 0 Å². The van der Waals surface area contributed by atoms with Crippen molar-refractivity contribution in [3.05, 3.63) is 34.6 Å². The van der Waals surface area contributed by atoms with E-state index in [1.54, 1.807) is 24.1 Å². The summed E-state index contributed by atoms with van der Waals surface area (Å²) in [5.74, 6) is 0.459. The summed E-state index contributed by atoms with van der Waals surface area (Å²) in [6, 6.07) is 5.26. The van der Waals surface area contributed by atoms with Crippen LogP contribution in [-0.2, 0) is 0 Å². The van der Waals surface area contributed by atoms with Gasteiger partial charge in [-0.3, -0.25) is 4.79 Å². The molecule has 22 heavy (non-hydrogen) atoms. The lowest BCUT2D eigenvalue weighted by Gasteiger charge is -2.21. The first-order valence-electron chi connectivity index (χ1n) is 7.05. The molecule has 0 aliphatic heterocycles. The topological polar surface area (TPSA) is 86.8 Å². The Labute approximate surface area is 134 Å². The van der Waals surface area contributed by atoms with Crippen molar-refractivity contribution in [1.82, 2.24) is 25.5 Å². The minimum atomic E-state index is -0.103. The molecule has 0 radical (unpaired) electrons. The molecule has 118 valence electrons. The van der Waals surface area contributed by atoms with Crippen molar-refractivity contribution >= 4 is 23.2 Å². The van der Waals surface area contributed by atoms with E-state index in [9.17, 15) is 4.79 Å². The quantitative estimate of drug-likeness (QED) is 0.851. The first kappa shape index (κ1) is 16.2. The number of carbonyl (C=O) groups is 1. The molecule has 8 heteroatoms. The zero-order valence-corrected chi connectivity index (χ0v) is 13.6. The molecule has 0 aliphatic carbocycles. The van der Waals surface area contributed by atoms with Crippen LogP contribution in [0.25, 0.3) is 0 Å². The van der Waals surface area contributed by atoms with Crippen LogP contribution in [0.2, 0.25) is 5.02 Å². The highest BCUT2D eigenvalue weighted by atomic mass is 35.5. The molecule has 0 fully saturated rings. The predicted octanol–water partition coefficient (Wildman–Crippen LogP) is 2.16. The molecule has 1 aromatic carbocycles. The van der Waals surface area contributed by atoms with E-state index < -0.39 is 0 Å². The molecule has 2 rings (SSSR count). The fourth-order valence-electron chi connectivity index (χ4n) is 2.20. The molecule has 0 saturated heterocycles. The summed E-state index contributed by atoms with van der Waals surface area (Å²) in [6.07, 6.45) is 0. The highest BCUT2D eigenvalue weighted by molar-refractivity contribution is 6.31. The Kier molecular flexibility index (Phi) is 5.32. The fourth-order valence-corrected chi connectivity index (χ4v) is 2.37. The SMILES string of the molecule is CCNc1ccc(Cl)cc1C(=O)N(C)CC(C)c1nn[nH]n1. The maximum atomic E-state index is 12.7. The van der Waals surface area contributed by atoms with Crippen molar-refractivity contribution in [1.29, 1.82) is 0 Å². The number of tetrazole rings is 1. The average molecular weight is 323 g/mol. The smallest absolute Gasteiger partial charge is 0.255 e. The van der Waals surface area contributed by atoms with Gasteiger partial charge < -0.3 is 10.2 Å². The zero-order valence-electron chi connectivity index (χ0n) is 12.8. The number of rotatable bonds is 6. The second-order valence-corrected chi connectivity index (χ2v) is 5.51. The largest absolute Gasteiger partial charge is 0.385 e. The molecule has 7 nitrogen and oxygen atoms in total. The Morgan fingerprint density at radius 3 is 2.91 bits per heavy atom. The second kappa shape index (κ2) is 7.22. The number of benzene rings is 1. The van der Waals surface area contributed by atoms with E-state index in [0.717, 1.165) is 12.2 Å². The van der Waals surface area contributed by atoms with Gasteiger partial charge in [0.1, 0.15) is 0 Å². The van der Waals surface area contributed by atoms with E-state index in [2.05, 4.69) is 25.9 Å². The monoisotopic (exact) mass is 322 g/mol. The minimum absolute atomic E-state index is 0.0190. The maximum Gasteiger partial charge on any atom is 0.255 e. The Balaban J connectivity index is 2.14. The lowest BCUT2D eigenvalue weighted by molar-refractivity contribution is 0.0788. The highest BCUT2D eigenvalue weighted by Crippen LogP contribution is 2.23. The van der Waals surface area contributed by atoms with E-state index in [-0.39, 0.29) is 11.8 Å². The van der Waals surface area contributed by atoms with Crippen molar-refractivity contribution in [2.45, 2.75) is 19.8 Å². The van der Waals surface area contributed by atoms with Crippen LogP contribution >= 0.6 is 11.6 Å². The molecule has 2 N–H and O–H groups in total. The molecule has 0 aliphatic rings. The number of halogens is 1. The third-order valence-corrected chi connectivity index (χ3v) is 3.51. The summed E-state index contributed by atoms with van der Waals surface area (Å²) < 4.78 is 0. The highest BCUT2D eigenvalue weighted by Gasteiger charge is 2.20. The number of aromatic amines is 1. The van der Waals surface area contributed by atoms with Crippen LogP contribution in [0.4, 0.5) is 5.69 Å². The predicted molar refractivity (Wildman–Crippen MR) is 85.2 cm³/mol. The summed E-state index contributed by atoms with van der Waals surface area (Å²) >= 11 is 6.02. The normalized spacial score (nSPS) is 12.0. The average Bonchev–Trinajstić information content (AvgIpc) is 3.03. The summed E-state index contributed by atoms with van der Waals surface area (Å²) in [7, 11) is 1.75. The van der Waals surface area contributed by atoms with Crippen LogP contribution in [0.15, 0.2) is 18.2 Å². The van der Waals surface area contributed by atoms with Crippen LogP contribution in [0.5, 0.6) is 0 Å². The molecule has 0 saturated carbocycles. The number of hydrogen-bond acceptors (Lipinski definition) is 5. The van der Waals surface area contributed by atoms with Gasteiger partial charge in [0.05, 0.1) is 5.56 Å². The molecule has 0 bridgehead atoms. The number of carbonyl (C=O) groups excluding carboxylic acids is 1. The van der Waals surface area contributed by atoms with Gasteiger partial charge in [0, 0.05) is 36.8 Å². The van der Waals surface area contributed by atoms with Crippen molar-refractivity contribution in [3.63, 3.8) is 0 Å². The Morgan fingerprint density at radius 1 is 1.50 bits per heavy atom. The third-order valence-electron chi connectivity index (χ3n) is 3.28. The number of H-pyrrole nitrogens is 1. The Bertz CT molecular complexity index is 630. The lowest BCUT2D eigenvalue weighted by atomic mass is 10.1. The van der Waals surface area contributed by atoms with Crippen molar-refractivity contribution in [2.75, 3.05) is 25.5 Å². The zero-order chi connectivity index (χ0) is 16.1. The van der Waals surface area contributed by atoms with Gasteiger partial charge in [-0.15, -0.1) is 10.2 Å². The maximum absolute atomic E-state index is 12.7. The Morgan fingerprint density at radius 2 is 2.27 bits per heavy atom. The van der Waals surface area contributed by atoms with Crippen molar-refractivity contribution in [3.8, 4) is 0 Å². The van der Waals surface area contributed by atoms with Crippen LogP contribution in [0, 0.1) is 0 Å². The van der Waals surface area contributed by atoms with Crippen LogP contribution in [0.3, 0.4) is 0 Å². The number of nitrogens with one attached hydrogen (secondary N) is 2. The third kappa shape index (κ3) is 3.73. The van der Waals surface area contributed by atoms with E-state index >= 15 is 0 Å². The van der Waals surface area contributed by atoms with Gasteiger partial charge in [-0.05, 0) is 25.1 Å². The van der Waals surface area contributed by atoms with E-state index in [1.807, 2.05) is 19.9 Å². The van der Waals surface area contributed by atoms with Crippen LogP contribution < -0.4 is 5.32 Å².